The van der Waals surface area contributed by atoms with E-state index >= 15 is 0 Å². The third kappa shape index (κ3) is 1.47. The van der Waals surface area contributed by atoms with Crippen molar-refractivity contribution in [2.45, 2.75) is 12.1 Å². The van der Waals surface area contributed by atoms with Crippen molar-refractivity contribution in [2.75, 3.05) is 18.0 Å². The highest BCUT2D eigenvalue weighted by molar-refractivity contribution is 7.09. The van der Waals surface area contributed by atoms with E-state index in [1.54, 1.807) is 11.0 Å². The fourth-order valence-electron chi connectivity index (χ4n) is 1.33. The molecule has 0 bridgehead atoms. The van der Waals surface area contributed by atoms with E-state index in [1.807, 2.05) is 0 Å². The van der Waals surface area contributed by atoms with E-state index in [-0.39, 0.29) is 13.0 Å². The minimum atomic E-state index is -1.70. The minimum absolute atomic E-state index is 0.110. The van der Waals surface area contributed by atoms with Crippen molar-refractivity contribution in [1.29, 1.82) is 5.26 Å². The second-order valence-corrected chi connectivity index (χ2v) is 3.73. The van der Waals surface area contributed by atoms with Gasteiger partial charge in [-0.15, -0.1) is 0 Å². The zero-order valence-corrected chi connectivity index (χ0v) is 7.59. The first-order valence-corrected chi connectivity index (χ1v) is 4.63. The number of anilines is 1. The highest BCUT2D eigenvalue weighted by Crippen LogP contribution is 2.29. The molecule has 13 heavy (non-hydrogen) atoms. The van der Waals surface area contributed by atoms with Crippen LogP contribution in [0, 0.1) is 11.3 Å². The molecule has 0 amide bonds. The molecule has 0 radical (unpaired) electrons. The Labute approximate surface area is 78.8 Å². The fourth-order valence-corrected chi connectivity index (χ4v) is 1.89. The molecule has 1 unspecified atom stereocenters. The first-order chi connectivity index (χ1) is 6.23. The van der Waals surface area contributed by atoms with Gasteiger partial charge in [-0.1, -0.05) is 0 Å². The number of aromatic nitrogens is 2. The molecule has 2 heterocycles. The van der Waals surface area contributed by atoms with E-state index in [2.05, 4.69) is 9.36 Å². The molecule has 0 saturated carbocycles. The summed E-state index contributed by atoms with van der Waals surface area (Å²) < 4.78 is 17.3. The topological polar surface area (TPSA) is 52.8 Å². The van der Waals surface area contributed by atoms with Gasteiger partial charge in [0.2, 0.25) is 10.8 Å². The molecule has 1 saturated heterocycles. The summed E-state index contributed by atoms with van der Waals surface area (Å²) in [6.07, 6.45) is 1.69. The lowest BCUT2D eigenvalue weighted by molar-refractivity contribution is 0.271. The van der Waals surface area contributed by atoms with Crippen molar-refractivity contribution < 1.29 is 4.39 Å². The van der Waals surface area contributed by atoms with Gasteiger partial charge in [0, 0.05) is 24.5 Å². The normalized spacial score (nSPS) is 27.5. The number of hydrogen-bond donors (Lipinski definition) is 0. The van der Waals surface area contributed by atoms with Gasteiger partial charge in [0.25, 0.3) is 0 Å². The smallest absolute Gasteiger partial charge is 0.215 e. The summed E-state index contributed by atoms with van der Waals surface area (Å²) in [5, 5.41) is 9.25. The molecule has 0 aromatic carbocycles. The highest BCUT2D eigenvalue weighted by atomic mass is 32.1. The van der Waals surface area contributed by atoms with Crippen LogP contribution < -0.4 is 4.90 Å². The number of nitrogens with zero attached hydrogens (tertiary/aromatic N) is 4. The zero-order chi connectivity index (χ0) is 9.31. The largest absolute Gasteiger partial charge is 0.342 e. The molecule has 1 aliphatic heterocycles. The standard InChI is InChI=1S/C7H7FN4S/c8-7(3-9)1-2-12(4-7)6-10-5-11-13-6/h5H,1-2,4H2. The van der Waals surface area contributed by atoms with Crippen LogP contribution in [0.15, 0.2) is 6.33 Å². The Bertz CT molecular complexity index is 333. The van der Waals surface area contributed by atoms with Gasteiger partial charge in [0.05, 0.1) is 6.54 Å². The van der Waals surface area contributed by atoms with E-state index in [9.17, 15) is 4.39 Å². The molecule has 1 aromatic rings. The van der Waals surface area contributed by atoms with E-state index in [0.717, 1.165) is 0 Å². The predicted molar refractivity (Wildman–Crippen MR) is 46.2 cm³/mol. The Morgan fingerprint density at radius 1 is 1.77 bits per heavy atom. The number of rotatable bonds is 1. The second-order valence-electron chi connectivity index (χ2n) is 2.97. The zero-order valence-electron chi connectivity index (χ0n) is 6.77. The SMILES string of the molecule is N#CC1(F)CCN(c2ncns2)C1. The first-order valence-electron chi connectivity index (χ1n) is 3.85. The summed E-state index contributed by atoms with van der Waals surface area (Å²) in [6, 6.07) is 1.68. The van der Waals surface area contributed by atoms with Crippen molar-refractivity contribution in [1.82, 2.24) is 9.36 Å². The summed E-state index contributed by atoms with van der Waals surface area (Å²) in [6.45, 7) is 0.651. The van der Waals surface area contributed by atoms with E-state index in [1.165, 1.54) is 17.9 Å². The lowest BCUT2D eigenvalue weighted by Crippen LogP contribution is -2.27. The van der Waals surface area contributed by atoms with Gasteiger partial charge in [-0.2, -0.15) is 9.64 Å². The Balaban J connectivity index is 2.12. The fraction of sp³-hybridized carbons (Fsp3) is 0.571. The summed E-state index contributed by atoms with van der Waals surface area (Å²) in [5.74, 6) is 0. The third-order valence-electron chi connectivity index (χ3n) is 2.04. The molecular formula is C7H7FN4S. The van der Waals surface area contributed by atoms with Gasteiger partial charge in [0.1, 0.15) is 12.4 Å². The summed E-state index contributed by atoms with van der Waals surface area (Å²) in [7, 11) is 0. The van der Waals surface area contributed by atoms with Gasteiger partial charge >= 0.3 is 0 Å². The average Bonchev–Trinajstić information content (AvgIpc) is 2.73. The van der Waals surface area contributed by atoms with Crippen LogP contribution in [0.5, 0.6) is 0 Å². The van der Waals surface area contributed by atoms with Gasteiger partial charge in [-0.05, 0) is 0 Å². The molecule has 6 heteroatoms. The first kappa shape index (κ1) is 8.38. The third-order valence-corrected chi connectivity index (χ3v) is 2.77. The van der Waals surface area contributed by atoms with E-state index in [4.69, 9.17) is 5.26 Å². The Morgan fingerprint density at radius 2 is 2.62 bits per heavy atom. The van der Waals surface area contributed by atoms with Gasteiger partial charge < -0.3 is 4.90 Å². The maximum absolute atomic E-state index is 13.4. The van der Waals surface area contributed by atoms with Gasteiger partial charge in [-0.3, -0.25) is 0 Å². The van der Waals surface area contributed by atoms with Crippen molar-refractivity contribution in [3.8, 4) is 6.07 Å². The summed E-state index contributed by atoms with van der Waals surface area (Å²) in [4.78, 5) is 5.71. The molecule has 0 N–H and O–H groups in total. The van der Waals surface area contributed by atoms with Crippen LogP contribution in [0.3, 0.4) is 0 Å². The molecule has 1 atom stereocenters. The van der Waals surface area contributed by atoms with Crippen molar-refractivity contribution in [3.63, 3.8) is 0 Å². The lowest BCUT2D eigenvalue weighted by atomic mass is 10.1. The molecule has 1 aliphatic rings. The molecule has 1 aromatic heterocycles. The van der Waals surface area contributed by atoms with Crippen molar-refractivity contribution >= 4 is 16.7 Å². The van der Waals surface area contributed by atoms with Crippen LogP contribution in [0.1, 0.15) is 6.42 Å². The molecule has 4 nitrogen and oxygen atoms in total. The maximum Gasteiger partial charge on any atom is 0.215 e. The number of nitriles is 1. The number of alkyl halides is 1. The van der Waals surface area contributed by atoms with Crippen LogP contribution in [0.25, 0.3) is 0 Å². The Hall–Kier alpha value is -1.22. The number of halogens is 1. The monoisotopic (exact) mass is 198 g/mol. The Kier molecular flexibility index (Phi) is 1.88. The number of hydrogen-bond acceptors (Lipinski definition) is 5. The second kappa shape index (κ2) is 2.92. The molecule has 1 fully saturated rings. The molecule has 0 aliphatic carbocycles. The molecule has 2 rings (SSSR count). The van der Waals surface area contributed by atoms with E-state index in [0.29, 0.717) is 11.7 Å². The van der Waals surface area contributed by atoms with Crippen LogP contribution in [-0.4, -0.2) is 28.1 Å². The van der Waals surface area contributed by atoms with Gasteiger partial charge in [0.15, 0.2) is 0 Å². The van der Waals surface area contributed by atoms with Crippen LogP contribution >= 0.6 is 11.5 Å². The van der Waals surface area contributed by atoms with Crippen LogP contribution in [-0.2, 0) is 0 Å². The van der Waals surface area contributed by atoms with E-state index < -0.39 is 5.67 Å². The maximum atomic E-state index is 13.4. The Morgan fingerprint density at radius 3 is 3.15 bits per heavy atom. The van der Waals surface area contributed by atoms with Crippen molar-refractivity contribution in [3.05, 3.63) is 6.33 Å². The summed E-state index contributed by atoms with van der Waals surface area (Å²) in [5.41, 5.74) is -1.70. The summed E-state index contributed by atoms with van der Waals surface area (Å²) >= 11 is 1.22. The molecule has 68 valence electrons. The van der Waals surface area contributed by atoms with Crippen LogP contribution in [0.2, 0.25) is 0 Å². The van der Waals surface area contributed by atoms with Crippen molar-refractivity contribution in [2.24, 2.45) is 0 Å². The van der Waals surface area contributed by atoms with Gasteiger partial charge in [-0.25, -0.2) is 9.37 Å². The minimum Gasteiger partial charge on any atom is -0.342 e. The average molecular weight is 198 g/mol. The quantitative estimate of drug-likeness (QED) is 0.675. The molecule has 0 spiro atoms. The van der Waals surface area contributed by atoms with Crippen LogP contribution in [0.4, 0.5) is 9.52 Å². The predicted octanol–water partition coefficient (Wildman–Crippen LogP) is 0.980. The molecular weight excluding hydrogens is 191 g/mol. The highest BCUT2D eigenvalue weighted by Gasteiger charge is 2.39. The lowest BCUT2D eigenvalue weighted by Gasteiger charge is -2.13.